The van der Waals surface area contributed by atoms with E-state index in [-0.39, 0.29) is 17.6 Å². The third kappa shape index (κ3) is 4.43. The quantitative estimate of drug-likeness (QED) is 0.861. The van der Waals surface area contributed by atoms with Crippen molar-refractivity contribution in [1.29, 1.82) is 0 Å². The summed E-state index contributed by atoms with van der Waals surface area (Å²) in [6.07, 6.45) is 2.24. The van der Waals surface area contributed by atoms with Gasteiger partial charge in [0.2, 0.25) is 0 Å². The number of rotatable bonds is 5. The third-order valence-electron chi connectivity index (χ3n) is 3.49. The number of hydrogen-bond donors (Lipinski definition) is 1. The number of hydrogen-bond acceptors (Lipinski definition) is 2. The van der Waals surface area contributed by atoms with Crippen LogP contribution in [0.5, 0.6) is 0 Å². The predicted octanol–water partition coefficient (Wildman–Crippen LogP) is 3.80. The first-order valence-electron chi connectivity index (χ1n) is 6.73. The van der Waals surface area contributed by atoms with Gasteiger partial charge in [-0.2, -0.15) is 0 Å². The fourth-order valence-electron chi connectivity index (χ4n) is 1.93. The van der Waals surface area contributed by atoms with E-state index in [1.54, 1.807) is 7.11 Å². The van der Waals surface area contributed by atoms with Gasteiger partial charge >= 0.3 is 0 Å². The Bertz CT molecular complexity index is 350. The Morgan fingerprint density at radius 2 is 1.67 bits per heavy atom. The lowest BCUT2D eigenvalue weighted by molar-refractivity contribution is 0.107. The zero-order chi connectivity index (χ0) is 13.8. The van der Waals surface area contributed by atoms with E-state index in [0.29, 0.717) is 0 Å². The van der Waals surface area contributed by atoms with E-state index in [1.807, 2.05) is 0 Å². The Balaban J connectivity index is 2.62. The second-order valence-corrected chi connectivity index (χ2v) is 6.10. The molecule has 1 aromatic rings. The van der Waals surface area contributed by atoms with Crippen LogP contribution in [0.15, 0.2) is 24.3 Å². The number of ether oxygens (including phenoxy) is 1. The highest BCUT2D eigenvalue weighted by Gasteiger charge is 2.14. The first kappa shape index (κ1) is 15.2. The molecule has 0 bridgehead atoms. The van der Waals surface area contributed by atoms with Gasteiger partial charge in [0.05, 0.1) is 6.10 Å². The smallest absolute Gasteiger partial charge is 0.0543 e. The van der Waals surface area contributed by atoms with Crippen LogP contribution in [-0.4, -0.2) is 13.2 Å². The SMILES string of the molecule is COC(C)CCC(N)c1ccc(C(C)(C)C)cc1. The molecular formula is C16H27NO. The molecule has 0 aliphatic heterocycles. The summed E-state index contributed by atoms with van der Waals surface area (Å²) in [5.41, 5.74) is 8.97. The molecule has 2 N–H and O–H groups in total. The summed E-state index contributed by atoms with van der Waals surface area (Å²) in [5.74, 6) is 0. The molecule has 18 heavy (non-hydrogen) atoms. The summed E-state index contributed by atoms with van der Waals surface area (Å²) in [6.45, 7) is 8.75. The van der Waals surface area contributed by atoms with Gasteiger partial charge < -0.3 is 10.5 Å². The van der Waals surface area contributed by atoms with Crippen molar-refractivity contribution in [2.24, 2.45) is 5.73 Å². The molecule has 0 radical (unpaired) electrons. The van der Waals surface area contributed by atoms with Crippen molar-refractivity contribution in [2.75, 3.05) is 7.11 Å². The summed E-state index contributed by atoms with van der Waals surface area (Å²) in [6, 6.07) is 8.80. The normalized spacial score (nSPS) is 15.4. The van der Waals surface area contributed by atoms with Crippen molar-refractivity contribution >= 4 is 0 Å². The minimum atomic E-state index is 0.108. The lowest BCUT2D eigenvalue weighted by atomic mass is 9.86. The Morgan fingerprint density at radius 1 is 1.11 bits per heavy atom. The van der Waals surface area contributed by atoms with Crippen LogP contribution in [0, 0.1) is 0 Å². The van der Waals surface area contributed by atoms with Gasteiger partial charge in [-0.15, -0.1) is 0 Å². The first-order chi connectivity index (χ1) is 8.34. The first-order valence-corrected chi connectivity index (χ1v) is 6.73. The molecule has 0 aliphatic carbocycles. The van der Waals surface area contributed by atoms with Crippen LogP contribution < -0.4 is 5.73 Å². The van der Waals surface area contributed by atoms with E-state index in [2.05, 4.69) is 52.0 Å². The molecule has 0 spiro atoms. The second kappa shape index (κ2) is 6.35. The molecule has 2 unspecified atom stereocenters. The molecule has 0 aromatic heterocycles. The van der Waals surface area contributed by atoms with Crippen molar-refractivity contribution in [1.82, 2.24) is 0 Å². The highest BCUT2D eigenvalue weighted by atomic mass is 16.5. The summed E-state index contributed by atoms with van der Waals surface area (Å²) in [4.78, 5) is 0. The lowest BCUT2D eigenvalue weighted by Gasteiger charge is -2.20. The van der Waals surface area contributed by atoms with Gasteiger partial charge in [-0.25, -0.2) is 0 Å². The highest BCUT2D eigenvalue weighted by molar-refractivity contribution is 5.29. The van der Waals surface area contributed by atoms with Crippen LogP contribution in [0.1, 0.15) is 57.7 Å². The topological polar surface area (TPSA) is 35.2 Å². The molecule has 1 aromatic carbocycles. The highest BCUT2D eigenvalue weighted by Crippen LogP contribution is 2.24. The van der Waals surface area contributed by atoms with Gasteiger partial charge in [-0.3, -0.25) is 0 Å². The Morgan fingerprint density at radius 3 is 2.11 bits per heavy atom. The summed E-state index contributed by atoms with van der Waals surface area (Å²) >= 11 is 0. The molecule has 2 heteroatoms. The fraction of sp³-hybridized carbons (Fsp3) is 0.625. The molecule has 0 heterocycles. The second-order valence-electron chi connectivity index (χ2n) is 6.10. The van der Waals surface area contributed by atoms with Gasteiger partial charge in [-0.1, -0.05) is 45.0 Å². The molecule has 2 atom stereocenters. The van der Waals surface area contributed by atoms with Crippen molar-refractivity contribution in [2.45, 2.75) is 58.1 Å². The number of nitrogens with two attached hydrogens (primary N) is 1. The maximum absolute atomic E-state index is 6.20. The standard InChI is InChI=1S/C16H27NO/c1-12(18-5)6-11-15(17)13-7-9-14(10-8-13)16(2,3)4/h7-10,12,15H,6,11,17H2,1-5H3. The molecular weight excluding hydrogens is 222 g/mol. The van der Waals surface area contributed by atoms with Crippen LogP contribution >= 0.6 is 0 Å². The van der Waals surface area contributed by atoms with Crippen molar-refractivity contribution in [3.8, 4) is 0 Å². The maximum Gasteiger partial charge on any atom is 0.0543 e. The number of methoxy groups -OCH3 is 1. The molecule has 0 fully saturated rings. The molecule has 0 saturated carbocycles. The number of benzene rings is 1. The van der Waals surface area contributed by atoms with E-state index in [0.717, 1.165) is 12.8 Å². The van der Waals surface area contributed by atoms with Gasteiger partial charge in [0.25, 0.3) is 0 Å². The summed E-state index contributed by atoms with van der Waals surface area (Å²) in [5, 5.41) is 0. The fourth-order valence-corrected chi connectivity index (χ4v) is 1.93. The Kier molecular flexibility index (Phi) is 5.36. The van der Waals surface area contributed by atoms with E-state index in [4.69, 9.17) is 10.5 Å². The average molecular weight is 249 g/mol. The molecule has 0 amide bonds. The maximum atomic E-state index is 6.20. The van der Waals surface area contributed by atoms with Crippen molar-refractivity contribution < 1.29 is 4.74 Å². The largest absolute Gasteiger partial charge is 0.382 e. The molecule has 0 saturated heterocycles. The lowest BCUT2D eigenvalue weighted by Crippen LogP contribution is -2.15. The third-order valence-corrected chi connectivity index (χ3v) is 3.49. The van der Waals surface area contributed by atoms with Crippen LogP contribution in [0.25, 0.3) is 0 Å². The Labute approximate surface area is 112 Å². The van der Waals surface area contributed by atoms with Gasteiger partial charge in [0.15, 0.2) is 0 Å². The zero-order valence-electron chi connectivity index (χ0n) is 12.4. The van der Waals surface area contributed by atoms with E-state index in [1.165, 1.54) is 11.1 Å². The van der Waals surface area contributed by atoms with Crippen LogP contribution in [-0.2, 0) is 10.2 Å². The molecule has 2 nitrogen and oxygen atoms in total. The van der Waals surface area contributed by atoms with E-state index in [9.17, 15) is 0 Å². The summed E-state index contributed by atoms with van der Waals surface area (Å²) < 4.78 is 5.24. The predicted molar refractivity (Wildman–Crippen MR) is 77.8 cm³/mol. The van der Waals surface area contributed by atoms with Gasteiger partial charge in [-0.05, 0) is 36.3 Å². The minimum absolute atomic E-state index is 0.108. The molecule has 1 rings (SSSR count). The average Bonchev–Trinajstić information content (AvgIpc) is 2.34. The molecule has 0 aliphatic rings. The summed E-state index contributed by atoms with van der Waals surface area (Å²) in [7, 11) is 1.74. The van der Waals surface area contributed by atoms with E-state index >= 15 is 0 Å². The van der Waals surface area contributed by atoms with Crippen molar-refractivity contribution in [3.63, 3.8) is 0 Å². The van der Waals surface area contributed by atoms with Crippen LogP contribution in [0.3, 0.4) is 0 Å². The Hall–Kier alpha value is -0.860. The minimum Gasteiger partial charge on any atom is -0.382 e. The van der Waals surface area contributed by atoms with Crippen molar-refractivity contribution in [3.05, 3.63) is 35.4 Å². The van der Waals surface area contributed by atoms with E-state index < -0.39 is 0 Å². The molecule has 102 valence electrons. The monoisotopic (exact) mass is 249 g/mol. The van der Waals surface area contributed by atoms with Gasteiger partial charge in [0.1, 0.15) is 0 Å². The van der Waals surface area contributed by atoms with Crippen LogP contribution in [0.4, 0.5) is 0 Å². The van der Waals surface area contributed by atoms with Gasteiger partial charge in [0, 0.05) is 13.2 Å². The van der Waals surface area contributed by atoms with Crippen LogP contribution in [0.2, 0.25) is 0 Å². The zero-order valence-corrected chi connectivity index (χ0v) is 12.4.